The lowest BCUT2D eigenvalue weighted by molar-refractivity contribution is 0.0990. The van der Waals surface area contributed by atoms with Crippen molar-refractivity contribution in [3.63, 3.8) is 0 Å². The third-order valence-corrected chi connectivity index (χ3v) is 3.57. The van der Waals surface area contributed by atoms with E-state index < -0.39 is 6.10 Å². The van der Waals surface area contributed by atoms with E-state index in [-0.39, 0.29) is 11.8 Å². The molecule has 0 amide bonds. The van der Waals surface area contributed by atoms with Crippen LogP contribution in [0.25, 0.3) is 10.8 Å². The molecule has 2 heteroatoms. The molecule has 0 fully saturated rings. The Morgan fingerprint density at radius 2 is 1.72 bits per heavy atom. The van der Waals surface area contributed by atoms with Gasteiger partial charge in [0.2, 0.25) is 0 Å². The number of hydrogen-bond donors (Lipinski definition) is 2. The molecule has 0 aliphatic heterocycles. The Morgan fingerprint density at radius 3 is 2.39 bits per heavy atom. The molecule has 0 unspecified atom stereocenters. The van der Waals surface area contributed by atoms with Gasteiger partial charge in [0.25, 0.3) is 0 Å². The third-order valence-electron chi connectivity index (χ3n) is 3.57. The van der Waals surface area contributed by atoms with Crippen molar-refractivity contribution in [2.45, 2.75) is 25.9 Å². The molecular weight excluding hydrogens is 222 g/mol. The second kappa shape index (κ2) is 5.51. The predicted molar refractivity (Wildman–Crippen MR) is 76.6 cm³/mol. The van der Waals surface area contributed by atoms with Gasteiger partial charge < -0.3 is 10.8 Å². The summed E-state index contributed by atoms with van der Waals surface area (Å²) in [5.41, 5.74) is 7.02. The molecular formula is C16H21NO. The van der Waals surface area contributed by atoms with Crippen molar-refractivity contribution in [2.24, 2.45) is 11.7 Å². The molecule has 0 aliphatic rings. The molecule has 96 valence electrons. The fourth-order valence-electron chi connectivity index (χ4n) is 2.49. The normalized spacial score (nSPS) is 14.9. The van der Waals surface area contributed by atoms with Gasteiger partial charge in [-0.3, -0.25) is 0 Å². The van der Waals surface area contributed by atoms with Crippen molar-refractivity contribution in [1.82, 2.24) is 0 Å². The Balaban J connectivity index is 2.51. The summed E-state index contributed by atoms with van der Waals surface area (Å²) in [7, 11) is 0. The Labute approximate surface area is 108 Å². The van der Waals surface area contributed by atoms with Crippen LogP contribution in [0.15, 0.2) is 42.5 Å². The number of rotatable bonds is 4. The maximum Gasteiger partial charge on any atom is 0.0643 e. The number of hydrogen-bond acceptors (Lipinski definition) is 2. The minimum atomic E-state index is -0.402. The van der Waals surface area contributed by atoms with Crippen LogP contribution in [0.1, 0.15) is 25.3 Å². The molecule has 3 N–H and O–H groups in total. The fraction of sp³-hybridized carbons (Fsp3) is 0.375. The molecule has 0 heterocycles. The molecule has 0 spiro atoms. The smallest absolute Gasteiger partial charge is 0.0643 e. The highest BCUT2D eigenvalue weighted by Gasteiger charge is 2.23. The SMILES string of the molecule is CC(C)[C@@H](O)[C@H](CN)c1cccc2ccccc12. The number of fused-ring (bicyclic) bond motifs is 1. The average molecular weight is 243 g/mol. The van der Waals surface area contributed by atoms with Gasteiger partial charge in [-0.05, 0) is 22.3 Å². The maximum absolute atomic E-state index is 10.3. The predicted octanol–water partition coefficient (Wildman–Crippen LogP) is 2.90. The summed E-state index contributed by atoms with van der Waals surface area (Å²) in [6, 6.07) is 14.4. The molecule has 2 aromatic carbocycles. The monoisotopic (exact) mass is 243 g/mol. The van der Waals surface area contributed by atoms with Crippen molar-refractivity contribution in [3.8, 4) is 0 Å². The number of aliphatic hydroxyl groups excluding tert-OH is 1. The molecule has 2 atom stereocenters. The Bertz CT molecular complexity index is 516. The molecule has 0 bridgehead atoms. The summed E-state index contributed by atoms with van der Waals surface area (Å²) in [4.78, 5) is 0. The summed E-state index contributed by atoms with van der Waals surface area (Å²) in [6.45, 7) is 4.52. The molecule has 2 aromatic rings. The molecule has 18 heavy (non-hydrogen) atoms. The topological polar surface area (TPSA) is 46.2 Å². The summed E-state index contributed by atoms with van der Waals surface area (Å²) < 4.78 is 0. The molecule has 0 aromatic heterocycles. The van der Waals surface area contributed by atoms with Crippen molar-refractivity contribution in [1.29, 1.82) is 0 Å². The van der Waals surface area contributed by atoms with Crippen molar-refractivity contribution in [3.05, 3.63) is 48.0 Å². The van der Waals surface area contributed by atoms with Gasteiger partial charge in [-0.25, -0.2) is 0 Å². The number of benzene rings is 2. The highest BCUT2D eigenvalue weighted by atomic mass is 16.3. The maximum atomic E-state index is 10.3. The Kier molecular flexibility index (Phi) is 4.00. The van der Waals surface area contributed by atoms with E-state index in [9.17, 15) is 5.11 Å². The lowest BCUT2D eigenvalue weighted by Gasteiger charge is -2.26. The lowest BCUT2D eigenvalue weighted by atomic mass is 9.85. The van der Waals surface area contributed by atoms with Crippen LogP contribution in [0, 0.1) is 5.92 Å². The second-order valence-electron chi connectivity index (χ2n) is 5.15. The van der Waals surface area contributed by atoms with Crippen LogP contribution in [0.2, 0.25) is 0 Å². The summed E-state index contributed by atoms with van der Waals surface area (Å²) >= 11 is 0. The summed E-state index contributed by atoms with van der Waals surface area (Å²) in [5.74, 6) is 0.202. The van der Waals surface area contributed by atoms with E-state index in [2.05, 4.69) is 24.3 Å². The van der Waals surface area contributed by atoms with Gasteiger partial charge in [-0.1, -0.05) is 56.3 Å². The Hall–Kier alpha value is -1.38. The minimum absolute atomic E-state index is 0.00361. The largest absolute Gasteiger partial charge is 0.392 e. The van der Waals surface area contributed by atoms with E-state index in [1.165, 1.54) is 10.8 Å². The van der Waals surface area contributed by atoms with Gasteiger partial charge in [0, 0.05) is 12.5 Å². The lowest BCUT2D eigenvalue weighted by Crippen LogP contribution is -2.30. The molecule has 0 saturated heterocycles. The van der Waals surface area contributed by atoms with E-state index in [4.69, 9.17) is 5.73 Å². The van der Waals surface area contributed by atoms with Gasteiger partial charge in [0.1, 0.15) is 0 Å². The van der Waals surface area contributed by atoms with Gasteiger partial charge in [0.05, 0.1) is 6.10 Å². The van der Waals surface area contributed by atoms with Gasteiger partial charge >= 0.3 is 0 Å². The van der Waals surface area contributed by atoms with Crippen molar-refractivity contribution < 1.29 is 5.11 Å². The van der Waals surface area contributed by atoms with Crippen LogP contribution < -0.4 is 5.73 Å². The van der Waals surface area contributed by atoms with Crippen molar-refractivity contribution >= 4 is 10.8 Å². The molecule has 2 nitrogen and oxygen atoms in total. The van der Waals surface area contributed by atoms with E-state index >= 15 is 0 Å². The first-order valence-corrected chi connectivity index (χ1v) is 6.51. The standard InChI is InChI=1S/C16H21NO/c1-11(2)16(18)15(10-17)14-9-5-7-12-6-3-4-8-13(12)14/h3-9,11,15-16,18H,10,17H2,1-2H3/t15-,16-/m1/s1. The number of nitrogens with two attached hydrogens (primary N) is 1. The first-order valence-electron chi connectivity index (χ1n) is 6.51. The highest BCUT2D eigenvalue weighted by Crippen LogP contribution is 2.29. The van der Waals surface area contributed by atoms with Gasteiger partial charge in [-0.2, -0.15) is 0 Å². The minimum Gasteiger partial charge on any atom is -0.392 e. The van der Waals surface area contributed by atoms with Crippen LogP contribution >= 0.6 is 0 Å². The molecule has 0 radical (unpaired) electrons. The molecule has 0 saturated carbocycles. The molecule has 2 rings (SSSR count). The van der Waals surface area contributed by atoms with Crippen LogP contribution in [-0.4, -0.2) is 17.8 Å². The first kappa shape index (κ1) is 13.1. The third kappa shape index (κ3) is 2.40. The van der Waals surface area contributed by atoms with E-state index in [0.717, 1.165) is 5.56 Å². The van der Waals surface area contributed by atoms with E-state index in [0.29, 0.717) is 6.54 Å². The van der Waals surface area contributed by atoms with Crippen LogP contribution in [-0.2, 0) is 0 Å². The quantitative estimate of drug-likeness (QED) is 0.867. The van der Waals surface area contributed by atoms with Gasteiger partial charge in [0.15, 0.2) is 0 Å². The summed E-state index contributed by atoms with van der Waals surface area (Å²) in [6.07, 6.45) is -0.402. The highest BCUT2D eigenvalue weighted by molar-refractivity contribution is 5.86. The first-order chi connectivity index (χ1) is 8.65. The van der Waals surface area contributed by atoms with Crippen LogP contribution in [0.5, 0.6) is 0 Å². The van der Waals surface area contributed by atoms with E-state index in [1.54, 1.807) is 0 Å². The van der Waals surface area contributed by atoms with Crippen LogP contribution in [0.3, 0.4) is 0 Å². The zero-order chi connectivity index (χ0) is 13.1. The van der Waals surface area contributed by atoms with Crippen molar-refractivity contribution in [2.75, 3.05) is 6.54 Å². The average Bonchev–Trinajstić information content (AvgIpc) is 2.39. The summed E-state index contributed by atoms with van der Waals surface area (Å²) in [5, 5.41) is 12.7. The second-order valence-corrected chi connectivity index (χ2v) is 5.15. The molecule has 0 aliphatic carbocycles. The van der Waals surface area contributed by atoms with Gasteiger partial charge in [-0.15, -0.1) is 0 Å². The fourth-order valence-corrected chi connectivity index (χ4v) is 2.49. The van der Waals surface area contributed by atoms with Crippen LogP contribution in [0.4, 0.5) is 0 Å². The van der Waals surface area contributed by atoms with E-state index in [1.807, 2.05) is 32.0 Å². The zero-order valence-corrected chi connectivity index (χ0v) is 11.0. The number of aliphatic hydroxyl groups is 1. The zero-order valence-electron chi connectivity index (χ0n) is 11.0. The Morgan fingerprint density at radius 1 is 1.06 bits per heavy atom.